The van der Waals surface area contributed by atoms with Gasteiger partial charge in [0.25, 0.3) is 0 Å². The zero-order chi connectivity index (χ0) is 15.0. The molecule has 2 heterocycles. The molecular formula is C14H14N6S. The van der Waals surface area contributed by atoms with Gasteiger partial charge in [0.05, 0.1) is 26.5 Å². The number of nitrogens with two attached hydrogens (primary N) is 1. The topological polar surface area (TPSA) is 101 Å². The fourth-order valence-electron chi connectivity index (χ4n) is 2.17. The van der Waals surface area contributed by atoms with Crippen molar-refractivity contribution >= 4 is 38.9 Å². The first-order chi connectivity index (χ1) is 10.1. The molecule has 0 fully saturated rings. The van der Waals surface area contributed by atoms with Gasteiger partial charge in [-0.25, -0.2) is 15.0 Å². The van der Waals surface area contributed by atoms with Gasteiger partial charge in [0, 0.05) is 12.6 Å². The quantitative estimate of drug-likeness (QED) is 0.645. The third kappa shape index (κ3) is 2.31. The molecular weight excluding hydrogens is 284 g/mol. The Balaban J connectivity index is 2.12. The van der Waals surface area contributed by atoms with E-state index in [2.05, 4.69) is 20.3 Å². The Morgan fingerprint density at radius 3 is 2.90 bits per heavy atom. The average Bonchev–Trinajstić information content (AvgIpc) is 2.85. The van der Waals surface area contributed by atoms with Crippen LogP contribution in [-0.4, -0.2) is 27.7 Å². The van der Waals surface area contributed by atoms with Crippen LogP contribution in [0, 0.1) is 12.3 Å². The normalized spacial score (nSPS) is 10.8. The van der Waals surface area contributed by atoms with E-state index in [9.17, 15) is 0 Å². The summed E-state index contributed by atoms with van der Waals surface area (Å²) in [5.41, 5.74) is 8.43. The summed E-state index contributed by atoms with van der Waals surface area (Å²) in [6.45, 7) is 1.97. The molecule has 7 heteroatoms. The zero-order valence-corrected chi connectivity index (χ0v) is 12.5. The molecule has 106 valence electrons. The molecule has 0 saturated heterocycles. The molecule has 0 aliphatic rings. The first kappa shape index (κ1) is 13.4. The van der Waals surface area contributed by atoms with E-state index < -0.39 is 0 Å². The summed E-state index contributed by atoms with van der Waals surface area (Å²) in [5, 5.41) is 12.4. The van der Waals surface area contributed by atoms with Crippen LogP contribution < -0.4 is 11.1 Å². The van der Waals surface area contributed by atoms with E-state index in [-0.39, 0.29) is 0 Å². The number of nitrogens with zero attached hydrogens (tertiary/aromatic N) is 3. The van der Waals surface area contributed by atoms with Gasteiger partial charge in [-0.1, -0.05) is 6.07 Å². The van der Waals surface area contributed by atoms with Crippen molar-refractivity contribution in [3.63, 3.8) is 0 Å². The van der Waals surface area contributed by atoms with E-state index in [1.807, 2.05) is 25.1 Å². The molecule has 2 aromatic heterocycles. The third-order valence-electron chi connectivity index (χ3n) is 3.15. The minimum atomic E-state index is 0.292. The van der Waals surface area contributed by atoms with Crippen LogP contribution in [0.2, 0.25) is 0 Å². The average molecular weight is 298 g/mol. The third-order valence-corrected chi connectivity index (χ3v) is 4.08. The summed E-state index contributed by atoms with van der Waals surface area (Å²) in [5.74, 6) is 0.841. The molecule has 0 spiro atoms. The Kier molecular flexibility index (Phi) is 3.26. The first-order valence-corrected chi connectivity index (χ1v) is 7.16. The van der Waals surface area contributed by atoms with Crippen molar-refractivity contribution < 1.29 is 0 Å². The minimum Gasteiger partial charge on any atom is -0.383 e. The summed E-state index contributed by atoms with van der Waals surface area (Å²) in [7, 11) is 1.74. The van der Waals surface area contributed by atoms with E-state index in [4.69, 9.17) is 11.1 Å². The van der Waals surface area contributed by atoms with Gasteiger partial charge in [-0.15, -0.1) is 11.3 Å². The number of thiazole rings is 1. The SMILES string of the molecule is CNc1ncnc(N)c1C(=N)c1ccc2nc(C)sc2c1. The van der Waals surface area contributed by atoms with Crippen molar-refractivity contribution in [2.24, 2.45) is 0 Å². The number of hydrogen-bond donors (Lipinski definition) is 3. The molecule has 6 nitrogen and oxygen atoms in total. The monoisotopic (exact) mass is 298 g/mol. The number of benzene rings is 1. The Labute approximate surface area is 125 Å². The molecule has 4 N–H and O–H groups in total. The van der Waals surface area contributed by atoms with Gasteiger partial charge < -0.3 is 11.1 Å². The highest BCUT2D eigenvalue weighted by Crippen LogP contribution is 2.26. The van der Waals surface area contributed by atoms with Gasteiger partial charge in [-0.05, 0) is 19.1 Å². The van der Waals surface area contributed by atoms with Crippen LogP contribution >= 0.6 is 11.3 Å². The van der Waals surface area contributed by atoms with Crippen LogP contribution in [-0.2, 0) is 0 Å². The van der Waals surface area contributed by atoms with Crippen LogP contribution in [0.5, 0.6) is 0 Å². The predicted molar refractivity (Wildman–Crippen MR) is 86.3 cm³/mol. The Morgan fingerprint density at radius 1 is 1.33 bits per heavy atom. The molecule has 0 atom stereocenters. The molecule has 0 saturated carbocycles. The lowest BCUT2D eigenvalue weighted by molar-refractivity contribution is 1.15. The smallest absolute Gasteiger partial charge is 0.140 e. The second-order valence-corrected chi connectivity index (χ2v) is 5.76. The molecule has 0 amide bonds. The van der Waals surface area contributed by atoms with Gasteiger partial charge in [0.1, 0.15) is 18.0 Å². The summed E-state index contributed by atoms with van der Waals surface area (Å²) in [4.78, 5) is 12.5. The van der Waals surface area contributed by atoms with Crippen LogP contribution in [0.3, 0.4) is 0 Å². The number of fused-ring (bicyclic) bond motifs is 1. The molecule has 0 unspecified atom stereocenters. The van der Waals surface area contributed by atoms with Crippen molar-refractivity contribution in [1.29, 1.82) is 5.41 Å². The van der Waals surface area contributed by atoms with Crippen molar-refractivity contribution in [2.75, 3.05) is 18.1 Å². The highest BCUT2D eigenvalue weighted by Gasteiger charge is 2.16. The highest BCUT2D eigenvalue weighted by atomic mass is 32.1. The molecule has 0 aliphatic carbocycles. The lowest BCUT2D eigenvalue weighted by Crippen LogP contribution is -2.12. The standard InChI is InChI=1S/C14H14N6S/c1-7-20-9-4-3-8(5-10(9)21-7)12(15)11-13(16)18-6-19-14(11)17-2/h3-6,15H,1-2H3,(H3,16,17,18,19). The van der Waals surface area contributed by atoms with E-state index in [0.717, 1.165) is 20.8 Å². The first-order valence-electron chi connectivity index (χ1n) is 6.35. The van der Waals surface area contributed by atoms with E-state index >= 15 is 0 Å². The van der Waals surface area contributed by atoms with Crippen molar-refractivity contribution in [3.05, 3.63) is 40.7 Å². The van der Waals surface area contributed by atoms with Crippen molar-refractivity contribution in [1.82, 2.24) is 15.0 Å². The Bertz CT molecular complexity index is 839. The van der Waals surface area contributed by atoms with Crippen LogP contribution in [0.25, 0.3) is 10.2 Å². The number of nitrogens with one attached hydrogen (secondary N) is 2. The predicted octanol–water partition coefficient (Wildman–Crippen LogP) is 2.43. The van der Waals surface area contributed by atoms with Crippen molar-refractivity contribution in [3.8, 4) is 0 Å². The maximum absolute atomic E-state index is 8.42. The summed E-state index contributed by atoms with van der Waals surface area (Å²) >= 11 is 1.61. The number of hydrogen-bond acceptors (Lipinski definition) is 7. The van der Waals surface area contributed by atoms with Crippen molar-refractivity contribution in [2.45, 2.75) is 6.92 Å². The summed E-state index contributed by atoms with van der Waals surface area (Å²) in [6, 6.07) is 5.74. The molecule has 21 heavy (non-hydrogen) atoms. The Hall–Kier alpha value is -2.54. The number of nitrogen functional groups attached to an aromatic ring is 1. The number of aryl methyl sites for hydroxylation is 1. The largest absolute Gasteiger partial charge is 0.383 e. The molecule has 3 rings (SSSR count). The minimum absolute atomic E-state index is 0.292. The maximum atomic E-state index is 8.42. The molecule has 3 aromatic rings. The summed E-state index contributed by atoms with van der Waals surface area (Å²) < 4.78 is 1.05. The van der Waals surface area contributed by atoms with E-state index in [1.165, 1.54) is 6.33 Å². The number of anilines is 2. The van der Waals surface area contributed by atoms with Gasteiger partial charge in [0.2, 0.25) is 0 Å². The van der Waals surface area contributed by atoms with E-state index in [0.29, 0.717) is 22.9 Å². The lowest BCUT2D eigenvalue weighted by atomic mass is 10.0. The number of aromatic nitrogens is 3. The van der Waals surface area contributed by atoms with Crippen LogP contribution in [0.1, 0.15) is 16.1 Å². The zero-order valence-electron chi connectivity index (χ0n) is 11.6. The maximum Gasteiger partial charge on any atom is 0.140 e. The molecule has 0 bridgehead atoms. The molecule has 0 radical (unpaired) electrons. The lowest BCUT2D eigenvalue weighted by Gasteiger charge is -2.11. The van der Waals surface area contributed by atoms with Gasteiger partial charge in [-0.2, -0.15) is 0 Å². The second kappa shape index (κ2) is 5.10. The molecule has 1 aromatic carbocycles. The summed E-state index contributed by atoms with van der Waals surface area (Å²) in [6.07, 6.45) is 1.38. The van der Waals surface area contributed by atoms with Gasteiger partial charge in [0.15, 0.2) is 0 Å². The van der Waals surface area contributed by atoms with Gasteiger partial charge in [-0.3, -0.25) is 5.41 Å². The van der Waals surface area contributed by atoms with Gasteiger partial charge >= 0.3 is 0 Å². The highest BCUT2D eigenvalue weighted by molar-refractivity contribution is 7.18. The fourth-order valence-corrected chi connectivity index (χ4v) is 3.04. The van der Waals surface area contributed by atoms with Crippen LogP contribution in [0.15, 0.2) is 24.5 Å². The second-order valence-electron chi connectivity index (χ2n) is 4.52. The fraction of sp³-hybridized carbons (Fsp3) is 0.143. The number of rotatable bonds is 3. The van der Waals surface area contributed by atoms with Crippen LogP contribution in [0.4, 0.5) is 11.6 Å². The van der Waals surface area contributed by atoms with E-state index in [1.54, 1.807) is 18.4 Å². The molecule has 0 aliphatic heterocycles. The Morgan fingerprint density at radius 2 is 2.14 bits per heavy atom.